The molecule has 7 heteroatoms. The maximum Gasteiger partial charge on any atom is 0.162 e. The van der Waals surface area contributed by atoms with Crippen molar-refractivity contribution in [2.24, 2.45) is 0 Å². The second kappa shape index (κ2) is 8.24. The van der Waals surface area contributed by atoms with Gasteiger partial charge in [-0.05, 0) is 36.4 Å². The fourth-order valence-corrected chi connectivity index (χ4v) is 3.60. The van der Waals surface area contributed by atoms with Gasteiger partial charge in [-0.15, -0.1) is 0 Å². The van der Waals surface area contributed by atoms with E-state index in [1.807, 2.05) is 42.6 Å². The van der Waals surface area contributed by atoms with Crippen LogP contribution in [-0.2, 0) is 0 Å². The molecule has 0 amide bonds. The van der Waals surface area contributed by atoms with E-state index in [9.17, 15) is 0 Å². The van der Waals surface area contributed by atoms with Crippen LogP contribution in [0.5, 0.6) is 0 Å². The van der Waals surface area contributed by atoms with Crippen molar-refractivity contribution in [2.75, 3.05) is 36.0 Å². The van der Waals surface area contributed by atoms with Gasteiger partial charge in [-0.1, -0.05) is 6.07 Å². The zero-order valence-corrected chi connectivity index (χ0v) is 16.5. The highest BCUT2D eigenvalue weighted by atomic mass is 15.3. The summed E-state index contributed by atoms with van der Waals surface area (Å²) in [5, 5.41) is 0. The summed E-state index contributed by atoms with van der Waals surface area (Å²) >= 11 is 0. The fourth-order valence-electron chi connectivity index (χ4n) is 3.60. The van der Waals surface area contributed by atoms with E-state index in [1.165, 1.54) is 0 Å². The summed E-state index contributed by atoms with van der Waals surface area (Å²) in [5.74, 6) is 2.66. The Kier molecular flexibility index (Phi) is 4.99. The zero-order valence-electron chi connectivity index (χ0n) is 16.5. The lowest BCUT2D eigenvalue weighted by Crippen LogP contribution is -2.47. The van der Waals surface area contributed by atoms with Crippen molar-refractivity contribution in [3.63, 3.8) is 0 Å². The minimum atomic E-state index is 0.703. The first-order valence-corrected chi connectivity index (χ1v) is 9.98. The molecule has 0 aromatic carbocycles. The van der Waals surface area contributed by atoms with E-state index < -0.39 is 0 Å². The van der Waals surface area contributed by atoms with Gasteiger partial charge in [-0.3, -0.25) is 9.97 Å². The van der Waals surface area contributed by atoms with Gasteiger partial charge in [0.15, 0.2) is 5.82 Å². The summed E-state index contributed by atoms with van der Waals surface area (Å²) in [6, 6.07) is 15.9. The van der Waals surface area contributed by atoms with Crippen LogP contribution in [0.2, 0.25) is 0 Å². The van der Waals surface area contributed by atoms with Crippen LogP contribution in [-0.4, -0.2) is 51.1 Å². The maximum absolute atomic E-state index is 4.89. The molecule has 0 N–H and O–H groups in total. The lowest BCUT2D eigenvalue weighted by molar-refractivity contribution is 0.641. The summed E-state index contributed by atoms with van der Waals surface area (Å²) in [6.45, 7) is 3.55. The van der Waals surface area contributed by atoms with E-state index >= 15 is 0 Å². The number of pyridine rings is 3. The standard InChI is InChI=1S/C23H21N7/c1-2-8-26-21(3-1)29-13-15-30(16-14-29)22-17-20(18-4-9-24-10-5-18)27-23(28-22)19-6-11-25-12-7-19/h1-12,17H,13-16H2. The molecule has 5 rings (SSSR count). The van der Waals surface area contributed by atoms with Gasteiger partial charge in [0.05, 0.1) is 5.69 Å². The average Bonchev–Trinajstić information content (AvgIpc) is 2.85. The van der Waals surface area contributed by atoms with Crippen molar-refractivity contribution >= 4 is 11.6 Å². The number of nitrogens with zero attached hydrogens (tertiary/aromatic N) is 7. The topological polar surface area (TPSA) is 70.9 Å². The minimum Gasteiger partial charge on any atom is -0.353 e. The molecule has 0 bridgehead atoms. The van der Waals surface area contributed by atoms with Crippen molar-refractivity contribution in [2.45, 2.75) is 0 Å². The number of aromatic nitrogens is 5. The van der Waals surface area contributed by atoms with Crippen LogP contribution in [0.25, 0.3) is 22.6 Å². The molecule has 5 heterocycles. The maximum atomic E-state index is 4.89. The van der Waals surface area contributed by atoms with Crippen LogP contribution >= 0.6 is 0 Å². The van der Waals surface area contributed by atoms with Crippen molar-refractivity contribution in [1.82, 2.24) is 24.9 Å². The summed E-state index contributed by atoms with van der Waals surface area (Å²) in [5.41, 5.74) is 2.87. The summed E-state index contributed by atoms with van der Waals surface area (Å²) in [6.07, 6.45) is 8.95. The molecule has 4 aromatic heterocycles. The van der Waals surface area contributed by atoms with Gasteiger partial charge in [0.25, 0.3) is 0 Å². The van der Waals surface area contributed by atoms with Crippen molar-refractivity contribution in [3.8, 4) is 22.6 Å². The number of anilines is 2. The lowest BCUT2D eigenvalue weighted by atomic mass is 10.1. The average molecular weight is 395 g/mol. The van der Waals surface area contributed by atoms with Crippen molar-refractivity contribution in [3.05, 3.63) is 79.5 Å². The Hall–Kier alpha value is -3.87. The summed E-state index contributed by atoms with van der Waals surface area (Å²) < 4.78 is 0. The molecule has 0 aliphatic carbocycles. The predicted octanol–water partition coefficient (Wildman–Crippen LogP) is 3.32. The first-order valence-electron chi connectivity index (χ1n) is 9.98. The van der Waals surface area contributed by atoms with Crippen molar-refractivity contribution < 1.29 is 0 Å². The molecule has 4 aromatic rings. The van der Waals surface area contributed by atoms with Crippen LogP contribution in [0.15, 0.2) is 79.5 Å². The number of rotatable bonds is 4. The molecule has 0 unspecified atom stereocenters. The molecule has 148 valence electrons. The molecule has 1 saturated heterocycles. The highest BCUT2D eigenvalue weighted by Crippen LogP contribution is 2.26. The molecule has 30 heavy (non-hydrogen) atoms. The second-order valence-electron chi connectivity index (χ2n) is 7.07. The SMILES string of the molecule is c1ccc(N2CCN(c3cc(-c4ccncc4)nc(-c4ccncc4)n3)CC2)nc1. The van der Waals surface area contributed by atoms with E-state index in [1.54, 1.807) is 24.8 Å². The van der Waals surface area contributed by atoms with Crippen LogP contribution in [0.3, 0.4) is 0 Å². The molecule has 1 aliphatic rings. The van der Waals surface area contributed by atoms with Gasteiger partial charge in [0.1, 0.15) is 11.6 Å². The van der Waals surface area contributed by atoms with E-state index in [0.29, 0.717) is 5.82 Å². The first-order chi connectivity index (χ1) is 14.9. The molecule has 0 saturated carbocycles. The van der Waals surface area contributed by atoms with Crippen LogP contribution < -0.4 is 9.80 Å². The Morgan fingerprint density at radius 1 is 0.600 bits per heavy atom. The summed E-state index contributed by atoms with van der Waals surface area (Å²) in [4.78, 5) is 27.1. The largest absolute Gasteiger partial charge is 0.353 e. The van der Waals surface area contributed by atoms with Crippen LogP contribution in [0.4, 0.5) is 11.6 Å². The smallest absolute Gasteiger partial charge is 0.162 e. The van der Waals surface area contributed by atoms with Crippen molar-refractivity contribution in [1.29, 1.82) is 0 Å². The molecule has 0 radical (unpaired) electrons. The Morgan fingerprint density at radius 3 is 1.87 bits per heavy atom. The van der Waals surface area contributed by atoms with Crippen LogP contribution in [0, 0.1) is 0 Å². The quantitative estimate of drug-likeness (QED) is 0.525. The van der Waals surface area contributed by atoms with Crippen LogP contribution in [0.1, 0.15) is 0 Å². The second-order valence-corrected chi connectivity index (χ2v) is 7.07. The van der Waals surface area contributed by atoms with E-state index in [-0.39, 0.29) is 0 Å². The highest BCUT2D eigenvalue weighted by molar-refractivity contribution is 5.67. The third-order valence-electron chi connectivity index (χ3n) is 5.20. The van der Waals surface area contributed by atoms with E-state index in [4.69, 9.17) is 9.97 Å². The van der Waals surface area contributed by atoms with Gasteiger partial charge in [-0.25, -0.2) is 15.0 Å². The molecule has 1 aliphatic heterocycles. The zero-order chi connectivity index (χ0) is 20.2. The van der Waals surface area contributed by atoms with E-state index in [0.717, 1.165) is 54.6 Å². The number of hydrogen-bond acceptors (Lipinski definition) is 7. The molecule has 7 nitrogen and oxygen atoms in total. The Balaban J connectivity index is 1.46. The molecular weight excluding hydrogens is 374 g/mol. The van der Waals surface area contributed by atoms with Gasteiger partial charge in [0.2, 0.25) is 0 Å². The summed E-state index contributed by atoms with van der Waals surface area (Å²) in [7, 11) is 0. The molecule has 0 atom stereocenters. The molecular formula is C23H21N7. The van der Waals surface area contributed by atoms with Gasteiger partial charge in [0, 0.05) is 74.4 Å². The van der Waals surface area contributed by atoms with Gasteiger partial charge in [-0.2, -0.15) is 0 Å². The van der Waals surface area contributed by atoms with E-state index in [2.05, 4.69) is 36.9 Å². The number of hydrogen-bond donors (Lipinski definition) is 0. The minimum absolute atomic E-state index is 0.703. The molecule has 1 fully saturated rings. The third kappa shape index (κ3) is 3.82. The fraction of sp³-hybridized carbons (Fsp3) is 0.174. The third-order valence-corrected chi connectivity index (χ3v) is 5.20. The predicted molar refractivity (Wildman–Crippen MR) is 117 cm³/mol. The molecule has 0 spiro atoms. The number of piperazine rings is 1. The monoisotopic (exact) mass is 395 g/mol. The Bertz CT molecular complexity index is 1040. The Labute approximate surface area is 175 Å². The normalized spacial score (nSPS) is 14.0. The first kappa shape index (κ1) is 18.2. The van der Waals surface area contributed by atoms with Gasteiger partial charge < -0.3 is 9.80 Å². The van der Waals surface area contributed by atoms with Gasteiger partial charge >= 0.3 is 0 Å². The highest BCUT2D eigenvalue weighted by Gasteiger charge is 2.20. The lowest BCUT2D eigenvalue weighted by Gasteiger charge is -2.36. The Morgan fingerprint density at radius 2 is 1.23 bits per heavy atom.